The molecule has 5 N–H and O–H groups in total. The monoisotopic (exact) mass is 518 g/mol. The molecule has 0 aromatic heterocycles. The number of hydrogen-bond donors (Lipinski definition) is 4. The second kappa shape index (κ2) is 11.8. The van der Waals surface area contributed by atoms with Crippen LogP contribution in [0.15, 0.2) is 42.5 Å². The van der Waals surface area contributed by atoms with Crippen molar-refractivity contribution in [2.75, 3.05) is 12.4 Å². The molecule has 0 radical (unpaired) electrons. The van der Waals surface area contributed by atoms with Crippen molar-refractivity contribution < 1.29 is 29.0 Å². The molecule has 2 aromatic rings. The van der Waals surface area contributed by atoms with Gasteiger partial charge in [0.2, 0.25) is 11.8 Å². The Morgan fingerprint density at radius 2 is 1.72 bits per heavy atom. The number of aromatic hydroxyl groups is 1. The van der Waals surface area contributed by atoms with Crippen molar-refractivity contribution in [1.29, 1.82) is 0 Å². The number of ether oxygens (including phenoxy) is 1. The van der Waals surface area contributed by atoms with Crippen LogP contribution in [0.5, 0.6) is 5.75 Å². The van der Waals surface area contributed by atoms with Crippen LogP contribution in [0.2, 0.25) is 5.02 Å². The lowest BCUT2D eigenvalue weighted by Gasteiger charge is -2.31. The number of para-hydroxylation sites is 1. The van der Waals surface area contributed by atoms with Crippen LogP contribution >= 0.6 is 11.6 Å². The molecular formula is C25H31ClN4O6. The Kier molecular flexibility index (Phi) is 9.29. The number of benzene rings is 2. The molecule has 36 heavy (non-hydrogen) atoms. The number of alkyl carbamates (subject to hydrolysis) is 1. The molecule has 194 valence electrons. The highest BCUT2D eigenvalue weighted by molar-refractivity contribution is 6.34. The summed E-state index contributed by atoms with van der Waals surface area (Å²) in [5.74, 6) is -2.24. The van der Waals surface area contributed by atoms with Crippen molar-refractivity contribution in [3.8, 4) is 5.75 Å². The van der Waals surface area contributed by atoms with E-state index >= 15 is 0 Å². The van der Waals surface area contributed by atoms with Crippen LogP contribution in [-0.4, -0.2) is 52.5 Å². The SMILES string of the molecule is Cc1cccc(Cl)c1NC(=O)C(c1ccc(O)cc1)N(C)C(=O)C(CC(N)=O)NC(=O)OC(C)(C)C. The minimum absolute atomic E-state index is 0.0352. The number of rotatable bonds is 8. The van der Waals surface area contributed by atoms with Gasteiger partial charge < -0.3 is 31.1 Å². The molecule has 4 amide bonds. The summed E-state index contributed by atoms with van der Waals surface area (Å²) in [6.07, 6.45) is -1.44. The largest absolute Gasteiger partial charge is 0.508 e. The zero-order valence-corrected chi connectivity index (χ0v) is 21.6. The third-order valence-corrected chi connectivity index (χ3v) is 5.37. The summed E-state index contributed by atoms with van der Waals surface area (Å²) < 4.78 is 5.20. The Bertz CT molecular complexity index is 1110. The van der Waals surface area contributed by atoms with Crippen molar-refractivity contribution >= 4 is 41.1 Å². The number of carbonyl (C=O) groups excluding carboxylic acids is 4. The summed E-state index contributed by atoms with van der Waals surface area (Å²) in [5, 5.41) is 15.1. The highest BCUT2D eigenvalue weighted by atomic mass is 35.5. The normalized spacial score (nSPS) is 12.7. The molecule has 0 aliphatic heterocycles. The quantitative estimate of drug-likeness (QED) is 0.421. The molecule has 2 aromatic carbocycles. The van der Waals surface area contributed by atoms with E-state index in [0.717, 1.165) is 4.90 Å². The van der Waals surface area contributed by atoms with Crippen LogP contribution in [-0.2, 0) is 19.1 Å². The lowest BCUT2D eigenvalue weighted by molar-refractivity contribution is -0.140. The number of phenols is 1. The van der Waals surface area contributed by atoms with Gasteiger partial charge in [-0.25, -0.2) is 4.79 Å². The first kappa shape index (κ1) is 28.4. The number of halogens is 1. The van der Waals surface area contributed by atoms with E-state index in [1.807, 2.05) is 0 Å². The van der Waals surface area contributed by atoms with E-state index in [1.54, 1.807) is 45.9 Å². The fourth-order valence-electron chi connectivity index (χ4n) is 3.41. The van der Waals surface area contributed by atoms with Crippen LogP contribution in [0.1, 0.15) is 44.4 Å². The van der Waals surface area contributed by atoms with E-state index < -0.39 is 47.9 Å². The molecule has 0 saturated carbocycles. The zero-order chi connectivity index (χ0) is 27.2. The van der Waals surface area contributed by atoms with Crippen molar-refractivity contribution in [1.82, 2.24) is 10.2 Å². The summed E-state index contributed by atoms with van der Waals surface area (Å²) in [4.78, 5) is 52.0. The first-order chi connectivity index (χ1) is 16.7. The van der Waals surface area contributed by atoms with Crippen molar-refractivity contribution in [2.24, 2.45) is 5.73 Å². The average Bonchev–Trinajstić information content (AvgIpc) is 2.75. The van der Waals surface area contributed by atoms with Gasteiger partial charge in [-0.3, -0.25) is 14.4 Å². The summed E-state index contributed by atoms with van der Waals surface area (Å²) in [5.41, 5.74) is 5.89. The third-order valence-electron chi connectivity index (χ3n) is 5.06. The molecule has 0 bridgehead atoms. The molecule has 10 nitrogen and oxygen atoms in total. The molecule has 2 unspecified atom stereocenters. The number of phenolic OH excluding ortho intramolecular Hbond substituents is 1. The van der Waals surface area contributed by atoms with E-state index in [9.17, 15) is 24.3 Å². The van der Waals surface area contributed by atoms with Gasteiger partial charge in [-0.1, -0.05) is 35.9 Å². The van der Waals surface area contributed by atoms with Gasteiger partial charge in [-0.2, -0.15) is 0 Å². The molecule has 0 fully saturated rings. The van der Waals surface area contributed by atoms with E-state index in [0.29, 0.717) is 21.8 Å². The number of hydrogen-bond acceptors (Lipinski definition) is 6. The summed E-state index contributed by atoms with van der Waals surface area (Å²) in [6.45, 7) is 6.70. The number of amides is 4. The van der Waals surface area contributed by atoms with Crippen LogP contribution in [0.4, 0.5) is 10.5 Å². The maximum atomic E-state index is 13.5. The fourth-order valence-corrected chi connectivity index (χ4v) is 3.68. The summed E-state index contributed by atoms with van der Waals surface area (Å²) >= 11 is 6.26. The Balaban J connectivity index is 2.42. The maximum Gasteiger partial charge on any atom is 0.408 e. The van der Waals surface area contributed by atoms with Crippen LogP contribution in [0.25, 0.3) is 0 Å². The third kappa shape index (κ3) is 7.88. The number of nitrogens with two attached hydrogens (primary N) is 1. The Labute approximate surface area is 214 Å². The standard InChI is InChI=1S/C25H31ClN4O6/c1-14-7-6-8-17(26)20(14)29-22(33)21(15-9-11-16(31)12-10-15)30(5)23(34)18(13-19(27)32)28-24(35)36-25(2,3)4/h6-12,18,21,31H,13H2,1-5H3,(H2,27,32)(H,28,35)(H,29,33). The van der Waals surface area contributed by atoms with Crippen LogP contribution in [0, 0.1) is 6.92 Å². The number of aryl methyl sites for hydroxylation is 1. The number of carbonyl (C=O) groups is 4. The van der Waals surface area contributed by atoms with Gasteiger partial charge in [0.05, 0.1) is 17.1 Å². The number of primary amides is 1. The van der Waals surface area contributed by atoms with Gasteiger partial charge in [0.25, 0.3) is 5.91 Å². The van der Waals surface area contributed by atoms with Crippen molar-refractivity contribution in [3.05, 3.63) is 58.6 Å². The van der Waals surface area contributed by atoms with E-state index in [4.69, 9.17) is 22.1 Å². The van der Waals surface area contributed by atoms with Crippen LogP contribution in [0.3, 0.4) is 0 Å². The number of nitrogens with zero attached hydrogens (tertiary/aromatic N) is 1. The summed E-state index contributed by atoms with van der Waals surface area (Å²) in [6, 6.07) is 8.20. The van der Waals surface area contributed by atoms with Gasteiger partial charge in [0, 0.05) is 7.05 Å². The summed E-state index contributed by atoms with van der Waals surface area (Å²) in [7, 11) is 1.35. The minimum atomic E-state index is -1.39. The van der Waals surface area contributed by atoms with E-state index in [1.165, 1.54) is 31.3 Å². The molecule has 0 aliphatic rings. The Hall–Kier alpha value is -3.79. The highest BCUT2D eigenvalue weighted by Gasteiger charge is 2.35. The number of nitrogens with one attached hydrogen (secondary N) is 2. The second-order valence-electron chi connectivity index (χ2n) is 9.23. The van der Waals surface area contributed by atoms with Crippen LogP contribution < -0.4 is 16.4 Å². The predicted molar refractivity (Wildman–Crippen MR) is 135 cm³/mol. The van der Waals surface area contributed by atoms with Crippen molar-refractivity contribution in [2.45, 2.75) is 51.8 Å². The second-order valence-corrected chi connectivity index (χ2v) is 9.64. The molecule has 0 aliphatic carbocycles. The van der Waals surface area contributed by atoms with E-state index in [2.05, 4.69) is 10.6 Å². The molecular weight excluding hydrogens is 488 g/mol. The lowest BCUT2D eigenvalue weighted by atomic mass is 10.0. The molecule has 0 spiro atoms. The molecule has 2 atom stereocenters. The van der Waals surface area contributed by atoms with Gasteiger partial charge in [-0.05, 0) is 57.0 Å². The molecule has 2 rings (SSSR count). The van der Waals surface area contributed by atoms with Crippen molar-refractivity contribution in [3.63, 3.8) is 0 Å². The van der Waals surface area contributed by atoms with Gasteiger partial charge in [-0.15, -0.1) is 0 Å². The zero-order valence-electron chi connectivity index (χ0n) is 20.8. The predicted octanol–water partition coefficient (Wildman–Crippen LogP) is 3.26. The topological polar surface area (TPSA) is 151 Å². The molecule has 11 heteroatoms. The Morgan fingerprint density at radius 3 is 2.25 bits per heavy atom. The fraction of sp³-hybridized carbons (Fsp3) is 0.360. The first-order valence-corrected chi connectivity index (χ1v) is 11.5. The maximum absolute atomic E-state index is 13.5. The van der Waals surface area contributed by atoms with Gasteiger partial charge in [0.1, 0.15) is 23.4 Å². The number of anilines is 1. The number of likely N-dealkylation sites (N-methyl/N-ethyl adjacent to an activating group) is 1. The Morgan fingerprint density at radius 1 is 1.11 bits per heavy atom. The smallest absolute Gasteiger partial charge is 0.408 e. The van der Waals surface area contributed by atoms with E-state index in [-0.39, 0.29) is 5.75 Å². The lowest BCUT2D eigenvalue weighted by Crippen LogP contribution is -2.52. The van der Waals surface area contributed by atoms with Gasteiger partial charge in [0.15, 0.2) is 0 Å². The highest BCUT2D eigenvalue weighted by Crippen LogP contribution is 2.29. The molecule has 0 heterocycles. The average molecular weight is 519 g/mol. The molecule has 0 saturated heterocycles. The minimum Gasteiger partial charge on any atom is -0.508 e. The first-order valence-electron chi connectivity index (χ1n) is 11.1. The van der Waals surface area contributed by atoms with Gasteiger partial charge >= 0.3 is 6.09 Å².